The van der Waals surface area contributed by atoms with Gasteiger partial charge in [0.1, 0.15) is 0 Å². The van der Waals surface area contributed by atoms with Gasteiger partial charge in [-0.25, -0.2) is 13.2 Å². The van der Waals surface area contributed by atoms with Crippen LogP contribution in [0, 0.1) is 0 Å². The number of halogens is 1. The van der Waals surface area contributed by atoms with Crippen LogP contribution >= 0.6 is 10.7 Å². The van der Waals surface area contributed by atoms with Crippen molar-refractivity contribution >= 4 is 31.5 Å². The maximum Gasteiger partial charge on any atom is 0.409 e. The lowest BCUT2D eigenvalue weighted by atomic mass is 10.1. The summed E-state index contributed by atoms with van der Waals surface area (Å²) in [5, 5.41) is 10.8. The number of hydrogen-bond acceptors (Lipinski definition) is 3. The summed E-state index contributed by atoms with van der Waals surface area (Å²) < 4.78 is 22.3. The van der Waals surface area contributed by atoms with Gasteiger partial charge in [0.2, 0.25) is 0 Å². The van der Waals surface area contributed by atoms with E-state index in [-0.39, 0.29) is 4.90 Å². The van der Waals surface area contributed by atoms with Crippen LogP contribution in [0.3, 0.4) is 0 Å². The van der Waals surface area contributed by atoms with Crippen molar-refractivity contribution in [1.29, 1.82) is 0 Å². The van der Waals surface area contributed by atoms with Crippen LogP contribution in [0.25, 0.3) is 11.1 Å². The number of rotatable bonds is 3. The zero-order valence-electron chi connectivity index (χ0n) is 10.1. The highest BCUT2D eigenvalue weighted by Crippen LogP contribution is 2.24. The average molecular weight is 312 g/mol. The van der Waals surface area contributed by atoms with Gasteiger partial charge in [-0.2, -0.15) is 0 Å². The maximum absolute atomic E-state index is 11.1. The van der Waals surface area contributed by atoms with Crippen LogP contribution in [0.15, 0.2) is 53.4 Å². The monoisotopic (exact) mass is 311 g/mol. The lowest BCUT2D eigenvalue weighted by Gasteiger charge is -2.05. The molecule has 20 heavy (non-hydrogen) atoms. The molecule has 0 saturated carbocycles. The van der Waals surface area contributed by atoms with Crippen LogP contribution in [-0.4, -0.2) is 19.6 Å². The molecule has 0 unspecified atom stereocenters. The molecule has 0 spiro atoms. The summed E-state index contributed by atoms with van der Waals surface area (Å²) in [4.78, 5) is 10.5. The number of carbonyl (C=O) groups is 1. The second kappa shape index (κ2) is 5.52. The second-order valence-corrected chi connectivity index (χ2v) is 6.54. The third-order valence-corrected chi connectivity index (χ3v) is 3.98. The van der Waals surface area contributed by atoms with Crippen LogP contribution in [-0.2, 0) is 9.05 Å². The Bertz CT molecular complexity index is 724. The zero-order valence-corrected chi connectivity index (χ0v) is 11.6. The molecule has 2 rings (SSSR count). The molecule has 2 aromatic rings. The highest BCUT2D eigenvalue weighted by molar-refractivity contribution is 8.13. The fourth-order valence-electron chi connectivity index (χ4n) is 1.68. The van der Waals surface area contributed by atoms with E-state index in [2.05, 4.69) is 5.32 Å². The van der Waals surface area contributed by atoms with Gasteiger partial charge in [-0.05, 0) is 35.4 Å². The molecular formula is C13H10ClNO4S. The van der Waals surface area contributed by atoms with Gasteiger partial charge in [0.05, 0.1) is 4.90 Å². The lowest BCUT2D eigenvalue weighted by molar-refractivity contribution is 0.209. The molecule has 7 heteroatoms. The van der Waals surface area contributed by atoms with Gasteiger partial charge in [0.25, 0.3) is 9.05 Å². The predicted molar refractivity (Wildman–Crippen MR) is 76.6 cm³/mol. The normalized spacial score (nSPS) is 11.1. The SMILES string of the molecule is O=C(O)Nc1ccc(-c2ccc(S(=O)(=O)Cl)cc2)cc1. The van der Waals surface area contributed by atoms with Gasteiger partial charge < -0.3 is 5.11 Å². The first kappa shape index (κ1) is 14.4. The quantitative estimate of drug-likeness (QED) is 0.851. The van der Waals surface area contributed by atoms with Crippen LogP contribution in [0.1, 0.15) is 0 Å². The molecule has 1 amide bonds. The maximum atomic E-state index is 11.1. The van der Waals surface area contributed by atoms with E-state index in [1.165, 1.54) is 12.1 Å². The minimum Gasteiger partial charge on any atom is -0.465 e. The minimum absolute atomic E-state index is 0.0343. The first-order valence-corrected chi connectivity index (χ1v) is 7.82. The molecule has 104 valence electrons. The fourth-order valence-corrected chi connectivity index (χ4v) is 2.45. The molecule has 5 nitrogen and oxygen atoms in total. The van der Waals surface area contributed by atoms with Crippen molar-refractivity contribution in [3.8, 4) is 11.1 Å². The van der Waals surface area contributed by atoms with Crippen molar-refractivity contribution in [3.05, 3.63) is 48.5 Å². The molecule has 0 bridgehead atoms. The Hall–Kier alpha value is -2.05. The summed E-state index contributed by atoms with van der Waals surface area (Å²) in [5.41, 5.74) is 2.09. The lowest BCUT2D eigenvalue weighted by Crippen LogP contribution is -2.06. The first-order valence-electron chi connectivity index (χ1n) is 5.51. The van der Waals surface area contributed by atoms with Gasteiger partial charge >= 0.3 is 6.09 Å². The summed E-state index contributed by atoms with van der Waals surface area (Å²) in [6.07, 6.45) is -1.13. The molecule has 0 aliphatic carbocycles. The van der Waals surface area contributed by atoms with Gasteiger partial charge in [-0.15, -0.1) is 0 Å². The smallest absolute Gasteiger partial charge is 0.409 e. The van der Waals surface area contributed by atoms with E-state index in [0.717, 1.165) is 11.1 Å². The van der Waals surface area contributed by atoms with Crippen molar-refractivity contribution in [2.75, 3.05) is 5.32 Å². The molecular weight excluding hydrogens is 302 g/mol. The first-order chi connectivity index (χ1) is 9.36. The molecule has 0 aromatic heterocycles. The van der Waals surface area contributed by atoms with Crippen molar-refractivity contribution in [3.63, 3.8) is 0 Å². The molecule has 2 aromatic carbocycles. The Kier molecular flexibility index (Phi) is 3.96. The zero-order chi connectivity index (χ0) is 14.8. The number of nitrogens with one attached hydrogen (secondary N) is 1. The Morgan fingerprint density at radius 2 is 1.40 bits per heavy atom. The van der Waals surface area contributed by atoms with Crippen LogP contribution in [0.2, 0.25) is 0 Å². The molecule has 0 atom stereocenters. The highest BCUT2D eigenvalue weighted by atomic mass is 35.7. The van der Waals surface area contributed by atoms with E-state index < -0.39 is 15.1 Å². The van der Waals surface area contributed by atoms with Crippen LogP contribution < -0.4 is 5.32 Å². The van der Waals surface area contributed by atoms with E-state index in [1.54, 1.807) is 36.4 Å². The average Bonchev–Trinajstić information content (AvgIpc) is 2.38. The molecule has 0 heterocycles. The Morgan fingerprint density at radius 3 is 1.80 bits per heavy atom. The molecule has 0 aliphatic heterocycles. The predicted octanol–water partition coefficient (Wildman–Crippen LogP) is 3.37. The van der Waals surface area contributed by atoms with E-state index in [4.69, 9.17) is 15.8 Å². The third kappa shape index (κ3) is 3.49. The Labute approximate surface area is 120 Å². The largest absolute Gasteiger partial charge is 0.465 e. The minimum atomic E-state index is -3.73. The number of hydrogen-bond donors (Lipinski definition) is 2. The summed E-state index contributed by atoms with van der Waals surface area (Å²) >= 11 is 0. The van der Waals surface area contributed by atoms with Gasteiger partial charge in [0.15, 0.2) is 0 Å². The standard InChI is InChI=1S/C13H10ClNO4S/c14-20(18,19)12-7-3-10(4-8-12)9-1-5-11(6-2-9)15-13(16)17/h1-8,15H,(H,16,17). The van der Waals surface area contributed by atoms with Crippen molar-refractivity contribution in [1.82, 2.24) is 0 Å². The van der Waals surface area contributed by atoms with Gasteiger partial charge in [-0.3, -0.25) is 5.32 Å². The molecule has 0 fully saturated rings. The number of anilines is 1. The van der Waals surface area contributed by atoms with Crippen molar-refractivity contribution < 1.29 is 18.3 Å². The van der Waals surface area contributed by atoms with Crippen LogP contribution in [0.4, 0.5) is 10.5 Å². The summed E-state index contributed by atoms with van der Waals surface area (Å²) in [7, 11) is 1.51. The van der Waals surface area contributed by atoms with E-state index in [1.807, 2.05) is 0 Å². The van der Waals surface area contributed by atoms with Crippen molar-refractivity contribution in [2.24, 2.45) is 0 Å². The molecule has 0 saturated heterocycles. The van der Waals surface area contributed by atoms with Crippen LogP contribution in [0.5, 0.6) is 0 Å². The summed E-state index contributed by atoms with van der Waals surface area (Å²) in [6.45, 7) is 0. The van der Waals surface area contributed by atoms with Gasteiger partial charge in [-0.1, -0.05) is 24.3 Å². The third-order valence-electron chi connectivity index (χ3n) is 2.61. The Morgan fingerprint density at radius 1 is 0.950 bits per heavy atom. The number of amides is 1. The van der Waals surface area contributed by atoms with E-state index in [9.17, 15) is 13.2 Å². The van der Waals surface area contributed by atoms with Gasteiger partial charge in [0, 0.05) is 16.4 Å². The molecule has 0 radical (unpaired) electrons. The van der Waals surface area contributed by atoms with E-state index >= 15 is 0 Å². The number of carboxylic acid groups (broad SMARTS) is 1. The van der Waals surface area contributed by atoms with E-state index in [0.29, 0.717) is 5.69 Å². The fraction of sp³-hybridized carbons (Fsp3) is 0. The summed E-state index contributed by atoms with van der Waals surface area (Å²) in [5.74, 6) is 0. The summed E-state index contributed by atoms with van der Waals surface area (Å²) in [6, 6.07) is 12.8. The topological polar surface area (TPSA) is 83.5 Å². The second-order valence-electron chi connectivity index (χ2n) is 3.97. The Balaban J connectivity index is 2.26. The number of benzene rings is 2. The molecule has 2 N–H and O–H groups in total. The van der Waals surface area contributed by atoms with Crippen molar-refractivity contribution in [2.45, 2.75) is 4.90 Å². The molecule has 0 aliphatic rings. The highest BCUT2D eigenvalue weighted by Gasteiger charge is 2.09.